The average molecular weight is 347 g/mol. The molecule has 0 atom stereocenters. The molecule has 0 aliphatic rings. The fourth-order valence-corrected chi connectivity index (χ4v) is 2.86. The van der Waals surface area contributed by atoms with Crippen molar-refractivity contribution in [2.24, 2.45) is 0 Å². The molecule has 4 aromatic rings. The SMILES string of the molecule is O=C(Nc1ccnn1CCc1ccccc1)c1ccc2[nH]c(=O)[nH]c2c1. The highest BCUT2D eigenvalue weighted by Crippen LogP contribution is 2.14. The minimum absolute atomic E-state index is 0.254. The van der Waals surface area contributed by atoms with E-state index in [1.807, 2.05) is 18.2 Å². The van der Waals surface area contributed by atoms with Gasteiger partial charge in [-0.15, -0.1) is 0 Å². The van der Waals surface area contributed by atoms with Crippen LogP contribution >= 0.6 is 0 Å². The van der Waals surface area contributed by atoms with Gasteiger partial charge in [0.1, 0.15) is 5.82 Å². The zero-order chi connectivity index (χ0) is 17.9. The third-order valence-electron chi connectivity index (χ3n) is 4.19. The van der Waals surface area contributed by atoms with Crippen LogP contribution in [0.25, 0.3) is 11.0 Å². The summed E-state index contributed by atoms with van der Waals surface area (Å²) in [5, 5.41) is 7.15. The highest BCUT2D eigenvalue weighted by molar-refractivity contribution is 6.05. The highest BCUT2D eigenvalue weighted by atomic mass is 16.2. The number of nitrogens with one attached hydrogen (secondary N) is 3. The van der Waals surface area contributed by atoms with Crippen LogP contribution in [0.5, 0.6) is 0 Å². The lowest BCUT2D eigenvalue weighted by Gasteiger charge is -2.09. The molecule has 2 aromatic heterocycles. The van der Waals surface area contributed by atoms with E-state index in [1.165, 1.54) is 5.56 Å². The number of rotatable bonds is 5. The number of hydrogen-bond acceptors (Lipinski definition) is 3. The molecule has 2 heterocycles. The maximum absolute atomic E-state index is 12.5. The van der Waals surface area contributed by atoms with E-state index in [1.54, 1.807) is 35.1 Å². The maximum Gasteiger partial charge on any atom is 0.323 e. The van der Waals surface area contributed by atoms with E-state index in [9.17, 15) is 9.59 Å². The van der Waals surface area contributed by atoms with E-state index in [0.29, 0.717) is 29.0 Å². The Labute approximate surface area is 148 Å². The van der Waals surface area contributed by atoms with E-state index in [0.717, 1.165) is 6.42 Å². The molecule has 0 saturated carbocycles. The van der Waals surface area contributed by atoms with Gasteiger partial charge >= 0.3 is 5.69 Å². The minimum atomic E-state index is -0.295. The first-order valence-corrected chi connectivity index (χ1v) is 8.28. The van der Waals surface area contributed by atoms with Gasteiger partial charge in [0, 0.05) is 18.2 Å². The molecule has 7 nitrogen and oxygen atoms in total. The number of carbonyl (C=O) groups is 1. The summed E-state index contributed by atoms with van der Waals surface area (Å²) in [5.41, 5.74) is 2.64. The summed E-state index contributed by atoms with van der Waals surface area (Å²) in [4.78, 5) is 29.2. The second-order valence-corrected chi connectivity index (χ2v) is 5.97. The predicted octanol–water partition coefficient (Wildman–Crippen LogP) is 2.55. The number of nitrogens with zero attached hydrogens (tertiary/aromatic N) is 2. The molecule has 0 radical (unpaired) electrons. The molecule has 0 unspecified atom stereocenters. The number of amides is 1. The van der Waals surface area contributed by atoms with Crippen molar-refractivity contribution in [1.29, 1.82) is 0 Å². The Balaban J connectivity index is 1.49. The van der Waals surface area contributed by atoms with Crippen LogP contribution in [0.2, 0.25) is 0 Å². The molecule has 0 aliphatic heterocycles. The second kappa shape index (κ2) is 6.72. The van der Waals surface area contributed by atoms with Crippen molar-refractivity contribution in [2.45, 2.75) is 13.0 Å². The molecule has 0 fully saturated rings. The molecular formula is C19H17N5O2. The van der Waals surface area contributed by atoms with Gasteiger partial charge in [0.15, 0.2) is 0 Å². The van der Waals surface area contributed by atoms with Crippen LogP contribution in [-0.4, -0.2) is 25.7 Å². The van der Waals surface area contributed by atoms with Crippen LogP contribution in [0.4, 0.5) is 5.82 Å². The number of anilines is 1. The van der Waals surface area contributed by atoms with Gasteiger partial charge < -0.3 is 15.3 Å². The molecule has 26 heavy (non-hydrogen) atoms. The lowest BCUT2D eigenvalue weighted by molar-refractivity contribution is 0.102. The zero-order valence-corrected chi connectivity index (χ0v) is 13.9. The van der Waals surface area contributed by atoms with Crippen LogP contribution in [0.15, 0.2) is 65.6 Å². The van der Waals surface area contributed by atoms with Gasteiger partial charge in [-0.3, -0.25) is 4.79 Å². The van der Waals surface area contributed by atoms with Gasteiger partial charge in [0.2, 0.25) is 0 Å². The molecule has 1 amide bonds. The highest BCUT2D eigenvalue weighted by Gasteiger charge is 2.11. The van der Waals surface area contributed by atoms with Crippen LogP contribution < -0.4 is 11.0 Å². The van der Waals surface area contributed by atoms with Gasteiger partial charge in [0.05, 0.1) is 17.2 Å². The molecule has 4 rings (SSSR count). The van der Waals surface area contributed by atoms with Crippen molar-refractivity contribution in [3.8, 4) is 0 Å². The van der Waals surface area contributed by atoms with Crippen molar-refractivity contribution < 1.29 is 4.79 Å². The van der Waals surface area contributed by atoms with E-state index >= 15 is 0 Å². The number of aromatic nitrogens is 4. The number of hydrogen-bond donors (Lipinski definition) is 3. The molecule has 130 valence electrons. The fraction of sp³-hybridized carbons (Fsp3) is 0.105. The maximum atomic E-state index is 12.5. The standard InChI is InChI=1S/C19H17N5O2/c25-18(14-6-7-15-16(12-14)22-19(26)21-15)23-17-8-10-20-24(17)11-9-13-4-2-1-3-5-13/h1-8,10,12H,9,11H2,(H,23,25)(H2,21,22,26). The van der Waals surface area contributed by atoms with E-state index < -0.39 is 0 Å². The van der Waals surface area contributed by atoms with Crippen molar-refractivity contribution in [2.75, 3.05) is 5.32 Å². The van der Waals surface area contributed by atoms with Gasteiger partial charge in [-0.2, -0.15) is 5.10 Å². The summed E-state index contributed by atoms with van der Waals surface area (Å²) in [7, 11) is 0. The van der Waals surface area contributed by atoms with Crippen LogP contribution in [0.1, 0.15) is 15.9 Å². The van der Waals surface area contributed by atoms with Gasteiger partial charge in [-0.25, -0.2) is 9.48 Å². The van der Waals surface area contributed by atoms with Crippen LogP contribution in [-0.2, 0) is 13.0 Å². The summed E-state index contributed by atoms with van der Waals surface area (Å²) >= 11 is 0. The number of aryl methyl sites for hydroxylation is 2. The van der Waals surface area contributed by atoms with E-state index in [-0.39, 0.29) is 11.6 Å². The molecule has 2 aromatic carbocycles. The lowest BCUT2D eigenvalue weighted by atomic mass is 10.1. The average Bonchev–Trinajstić information content (AvgIpc) is 3.25. The smallest absolute Gasteiger partial charge is 0.307 e. The quantitative estimate of drug-likeness (QED) is 0.518. The number of imidazole rings is 1. The fourth-order valence-electron chi connectivity index (χ4n) is 2.86. The Morgan fingerprint density at radius 3 is 2.69 bits per heavy atom. The van der Waals surface area contributed by atoms with Gasteiger partial charge in [0.25, 0.3) is 5.91 Å². The summed E-state index contributed by atoms with van der Waals surface area (Å²) in [6.07, 6.45) is 2.48. The topological polar surface area (TPSA) is 95.6 Å². The Morgan fingerprint density at radius 1 is 1.04 bits per heavy atom. The number of H-pyrrole nitrogens is 2. The van der Waals surface area contributed by atoms with Crippen molar-refractivity contribution in [3.05, 3.63) is 82.4 Å². The van der Waals surface area contributed by atoms with Crippen molar-refractivity contribution in [1.82, 2.24) is 19.7 Å². The number of carbonyl (C=O) groups excluding carboxylic acids is 1. The Kier molecular flexibility index (Phi) is 4.10. The van der Waals surface area contributed by atoms with Gasteiger partial charge in [-0.05, 0) is 30.2 Å². The summed E-state index contributed by atoms with van der Waals surface area (Å²) in [5.74, 6) is 0.379. The largest absolute Gasteiger partial charge is 0.323 e. The van der Waals surface area contributed by atoms with Crippen molar-refractivity contribution in [3.63, 3.8) is 0 Å². The molecule has 0 saturated heterocycles. The van der Waals surface area contributed by atoms with E-state index in [4.69, 9.17) is 0 Å². The zero-order valence-electron chi connectivity index (χ0n) is 13.9. The first-order valence-electron chi connectivity index (χ1n) is 8.28. The van der Waals surface area contributed by atoms with E-state index in [2.05, 4.69) is 32.5 Å². The van der Waals surface area contributed by atoms with Crippen LogP contribution in [0, 0.1) is 0 Å². The Bertz CT molecular complexity index is 1110. The third kappa shape index (κ3) is 3.27. The number of fused-ring (bicyclic) bond motifs is 1. The number of benzene rings is 2. The first-order chi connectivity index (χ1) is 12.7. The lowest BCUT2D eigenvalue weighted by Crippen LogP contribution is -2.16. The summed E-state index contributed by atoms with van der Waals surface area (Å²) < 4.78 is 1.77. The molecule has 7 heteroatoms. The Morgan fingerprint density at radius 2 is 1.85 bits per heavy atom. The molecular weight excluding hydrogens is 330 g/mol. The molecule has 0 spiro atoms. The van der Waals surface area contributed by atoms with Crippen molar-refractivity contribution >= 4 is 22.8 Å². The van der Waals surface area contributed by atoms with Gasteiger partial charge in [-0.1, -0.05) is 30.3 Å². The molecule has 3 N–H and O–H groups in total. The molecule has 0 aliphatic carbocycles. The predicted molar refractivity (Wildman–Crippen MR) is 99.2 cm³/mol. The number of aromatic amines is 2. The molecule has 0 bridgehead atoms. The monoisotopic (exact) mass is 347 g/mol. The first kappa shape index (κ1) is 15.9. The second-order valence-electron chi connectivity index (χ2n) is 5.97. The normalized spacial score (nSPS) is 10.9. The third-order valence-corrected chi connectivity index (χ3v) is 4.19. The summed E-state index contributed by atoms with van der Waals surface area (Å²) in [6, 6.07) is 16.9. The Hall–Kier alpha value is -3.61. The summed E-state index contributed by atoms with van der Waals surface area (Å²) in [6.45, 7) is 0.663. The minimum Gasteiger partial charge on any atom is -0.307 e. The van der Waals surface area contributed by atoms with Crippen LogP contribution in [0.3, 0.4) is 0 Å².